The molecule has 0 fully saturated rings. The van der Waals surface area contributed by atoms with E-state index in [4.69, 9.17) is 9.84 Å². The summed E-state index contributed by atoms with van der Waals surface area (Å²) >= 11 is 0. The molecule has 8 heteroatoms. The number of ether oxygens (including phenoxy) is 1. The van der Waals surface area contributed by atoms with Crippen LogP contribution in [-0.2, 0) is 4.74 Å². The second kappa shape index (κ2) is 7.59. The van der Waals surface area contributed by atoms with Gasteiger partial charge in [0.1, 0.15) is 0 Å². The Labute approximate surface area is 108 Å². The highest BCUT2D eigenvalue weighted by Crippen LogP contribution is 2.28. The Balaban J connectivity index is 2.61. The molecule has 6 nitrogen and oxygen atoms in total. The number of hydrogen-bond acceptors (Lipinski definition) is 5. The molecule has 0 aromatic heterocycles. The van der Waals surface area contributed by atoms with Gasteiger partial charge in [0.15, 0.2) is 17.3 Å². The zero-order valence-electron chi connectivity index (χ0n) is 10.1. The van der Waals surface area contributed by atoms with E-state index in [2.05, 4.69) is 5.32 Å². The van der Waals surface area contributed by atoms with Gasteiger partial charge in [0.2, 0.25) is 0 Å². The maximum atomic E-state index is 13.4. The van der Waals surface area contributed by atoms with Crippen LogP contribution in [-0.4, -0.2) is 36.4 Å². The van der Waals surface area contributed by atoms with Crippen molar-refractivity contribution >= 4 is 11.4 Å². The summed E-state index contributed by atoms with van der Waals surface area (Å²) in [7, 11) is 0. The standard InChI is InChI=1S/C11H14F2N2O4/c12-8-2-3-9(15(17)18)11(10(8)13)14-4-1-6-19-7-5-16/h2-3,14,16H,1,4-7H2. The number of nitro benzene ring substituents is 1. The Kier molecular flexibility index (Phi) is 6.10. The minimum Gasteiger partial charge on any atom is -0.394 e. The van der Waals surface area contributed by atoms with E-state index in [0.29, 0.717) is 19.1 Å². The number of hydrogen-bond donors (Lipinski definition) is 2. The molecule has 0 saturated heterocycles. The predicted octanol–water partition coefficient (Wildman–Crippen LogP) is 1.68. The summed E-state index contributed by atoms with van der Waals surface area (Å²) in [5, 5.41) is 21.6. The van der Waals surface area contributed by atoms with Gasteiger partial charge in [-0.15, -0.1) is 0 Å². The van der Waals surface area contributed by atoms with Crippen LogP contribution in [0.3, 0.4) is 0 Å². The topological polar surface area (TPSA) is 84.6 Å². The van der Waals surface area contributed by atoms with E-state index in [9.17, 15) is 18.9 Å². The van der Waals surface area contributed by atoms with Gasteiger partial charge in [0.05, 0.1) is 18.1 Å². The third kappa shape index (κ3) is 4.42. The highest BCUT2D eigenvalue weighted by Gasteiger charge is 2.20. The zero-order valence-corrected chi connectivity index (χ0v) is 10.1. The highest BCUT2D eigenvalue weighted by molar-refractivity contribution is 5.62. The molecule has 0 aliphatic rings. The van der Waals surface area contributed by atoms with E-state index >= 15 is 0 Å². The fourth-order valence-electron chi connectivity index (χ4n) is 1.41. The molecule has 2 N–H and O–H groups in total. The maximum Gasteiger partial charge on any atom is 0.295 e. The number of nitrogens with one attached hydrogen (secondary N) is 1. The van der Waals surface area contributed by atoms with Crippen molar-refractivity contribution in [1.29, 1.82) is 0 Å². The van der Waals surface area contributed by atoms with Crippen LogP contribution in [0.5, 0.6) is 0 Å². The first kappa shape index (κ1) is 15.3. The van der Waals surface area contributed by atoms with Crippen LogP contribution >= 0.6 is 0 Å². The smallest absolute Gasteiger partial charge is 0.295 e. The first-order chi connectivity index (χ1) is 9.07. The largest absolute Gasteiger partial charge is 0.394 e. The molecule has 0 aliphatic heterocycles. The Morgan fingerprint density at radius 1 is 1.37 bits per heavy atom. The summed E-state index contributed by atoms with van der Waals surface area (Å²) in [5.74, 6) is -2.42. The zero-order chi connectivity index (χ0) is 14.3. The van der Waals surface area contributed by atoms with Crippen molar-refractivity contribution in [2.24, 2.45) is 0 Å². The first-order valence-electron chi connectivity index (χ1n) is 5.62. The molecule has 0 spiro atoms. The summed E-state index contributed by atoms with van der Waals surface area (Å²) in [5.41, 5.74) is -0.984. The number of aliphatic hydroxyl groups excluding tert-OH is 1. The summed E-state index contributed by atoms with van der Waals surface area (Å²) in [6.07, 6.45) is 0.438. The van der Waals surface area contributed by atoms with Gasteiger partial charge in [-0.05, 0) is 12.5 Å². The number of halogens is 2. The van der Waals surface area contributed by atoms with Gasteiger partial charge >= 0.3 is 0 Å². The summed E-state index contributed by atoms with van der Waals surface area (Å²) in [6.45, 7) is 0.580. The first-order valence-corrected chi connectivity index (χ1v) is 5.62. The molecule has 0 amide bonds. The van der Waals surface area contributed by atoms with Crippen molar-refractivity contribution in [3.05, 3.63) is 33.9 Å². The lowest BCUT2D eigenvalue weighted by molar-refractivity contribution is -0.384. The molecule has 19 heavy (non-hydrogen) atoms. The van der Waals surface area contributed by atoms with Crippen LogP contribution in [0.15, 0.2) is 12.1 Å². The lowest BCUT2D eigenvalue weighted by Crippen LogP contribution is -2.10. The molecule has 0 radical (unpaired) electrons. The van der Waals surface area contributed by atoms with Crippen LogP contribution < -0.4 is 5.32 Å². The van der Waals surface area contributed by atoms with Crippen LogP contribution in [0.4, 0.5) is 20.2 Å². The van der Waals surface area contributed by atoms with Crippen LogP contribution in [0.1, 0.15) is 6.42 Å². The Morgan fingerprint density at radius 3 is 2.74 bits per heavy atom. The molecule has 0 bridgehead atoms. The summed E-state index contributed by atoms with van der Waals surface area (Å²) < 4.78 is 31.4. The molecular weight excluding hydrogens is 262 g/mol. The van der Waals surface area contributed by atoms with E-state index in [1.807, 2.05) is 0 Å². The van der Waals surface area contributed by atoms with Crippen LogP contribution in [0.2, 0.25) is 0 Å². The number of aliphatic hydroxyl groups is 1. The molecule has 1 aromatic rings. The average molecular weight is 276 g/mol. The molecule has 1 rings (SSSR count). The molecule has 0 heterocycles. The maximum absolute atomic E-state index is 13.4. The van der Waals surface area contributed by atoms with E-state index in [1.165, 1.54) is 0 Å². The van der Waals surface area contributed by atoms with Crippen molar-refractivity contribution in [3.63, 3.8) is 0 Å². The lowest BCUT2D eigenvalue weighted by Gasteiger charge is -2.08. The third-order valence-corrected chi connectivity index (χ3v) is 2.27. The van der Waals surface area contributed by atoms with E-state index in [1.54, 1.807) is 0 Å². The molecule has 106 valence electrons. The Hall–Kier alpha value is -1.80. The minimum atomic E-state index is -1.27. The molecule has 0 saturated carbocycles. The van der Waals surface area contributed by atoms with Gasteiger partial charge in [-0.1, -0.05) is 0 Å². The van der Waals surface area contributed by atoms with Crippen LogP contribution in [0, 0.1) is 21.7 Å². The number of benzene rings is 1. The highest BCUT2D eigenvalue weighted by atomic mass is 19.2. The number of rotatable bonds is 8. The molecule has 0 atom stereocenters. The quantitative estimate of drug-likeness (QED) is 0.429. The normalized spacial score (nSPS) is 10.5. The van der Waals surface area contributed by atoms with Crippen molar-refractivity contribution in [3.8, 4) is 0 Å². The Bertz CT molecular complexity index is 443. The fraction of sp³-hybridized carbons (Fsp3) is 0.455. The van der Waals surface area contributed by atoms with Gasteiger partial charge < -0.3 is 15.2 Å². The minimum absolute atomic E-state index is 0.0998. The van der Waals surface area contributed by atoms with Crippen molar-refractivity contribution in [2.45, 2.75) is 6.42 Å². The molecule has 1 aromatic carbocycles. The number of nitro groups is 1. The average Bonchev–Trinajstić information content (AvgIpc) is 2.38. The third-order valence-electron chi connectivity index (χ3n) is 2.27. The van der Waals surface area contributed by atoms with Gasteiger partial charge in [-0.3, -0.25) is 10.1 Å². The van der Waals surface area contributed by atoms with Crippen LogP contribution in [0.25, 0.3) is 0 Å². The molecular formula is C11H14F2N2O4. The van der Waals surface area contributed by atoms with Gasteiger partial charge in [-0.25, -0.2) is 8.78 Å². The van der Waals surface area contributed by atoms with Crippen molar-refractivity contribution in [2.75, 3.05) is 31.7 Å². The lowest BCUT2D eigenvalue weighted by atomic mass is 10.2. The predicted molar refractivity (Wildman–Crippen MR) is 64.0 cm³/mol. The summed E-state index contributed by atoms with van der Waals surface area (Å²) in [4.78, 5) is 9.90. The number of nitrogens with zero attached hydrogens (tertiary/aromatic N) is 1. The van der Waals surface area contributed by atoms with Gasteiger partial charge in [-0.2, -0.15) is 0 Å². The summed E-state index contributed by atoms with van der Waals surface area (Å²) in [6, 6.07) is 1.62. The van der Waals surface area contributed by atoms with E-state index in [-0.39, 0.29) is 19.8 Å². The molecule has 0 aliphatic carbocycles. The van der Waals surface area contributed by atoms with E-state index in [0.717, 1.165) is 6.07 Å². The molecule has 0 unspecified atom stereocenters. The number of anilines is 1. The monoisotopic (exact) mass is 276 g/mol. The van der Waals surface area contributed by atoms with Crippen molar-refractivity contribution in [1.82, 2.24) is 0 Å². The van der Waals surface area contributed by atoms with Gasteiger partial charge in [0.25, 0.3) is 5.69 Å². The second-order valence-electron chi connectivity index (χ2n) is 3.63. The second-order valence-corrected chi connectivity index (χ2v) is 3.63. The SMILES string of the molecule is O=[N+]([O-])c1ccc(F)c(F)c1NCCCOCCO. The Morgan fingerprint density at radius 2 is 2.11 bits per heavy atom. The van der Waals surface area contributed by atoms with Gasteiger partial charge in [0, 0.05) is 19.2 Å². The van der Waals surface area contributed by atoms with Crippen molar-refractivity contribution < 1.29 is 23.5 Å². The fourth-order valence-corrected chi connectivity index (χ4v) is 1.41. The van der Waals surface area contributed by atoms with E-state index < -0.39 is 27.9 Å².